The Kier molecular flexibility index (Phi) is 8.80. The third kappa shape index (κ3) is 8.48. The summed E-state index contributed by atoms with van der Waals surface area (Å²) in [5.74, 6) is -0.504. The lowest BCUT2D eigenvalue weighted by Crippen LogP contribution is -2.41. The van der Waals surface area contributed by atoms with Gasteiger partial charge in [-0.3, -0.25) is 4.79 Å². The molecule has 6 nitrogen and oxygen atoms in total. The fourth-order valence-electron chi connectivity index (χ4n) is 2.29. The van der Waals surface area contributed by atoms with E-state index in [2.05, 4.69) is 15.0 Å². The second-order valence-electron chi connectivity index (χ2n) is 5.70. The monoisotopic (exact) mass is 378 g/mol. The van der Waals surface area contributed by atoms with Gasteiger partial charge in [0.05, 0.1) is 12.0 Å². The Labute approximate surface area is 150 Å². The van der Waals surface area contributed by atoms with E-state index < -0.39 is 18.4 Å². The molecule has 1 saturated heterocycles. The van der Waals surface area contributed by atoms with E-state index in [1.807, 2.05) is 13.8 Å². The maximum Gasteiger partial charge on any atom is 0.422 e. The van der Waals surface area contributed by atoms with Crippen LogP contribution in [0.15, 0.2) is 18.3 Å². The minimum atomic E-state index is -4.44. The molecule has 2 rings (SSSR count). The third-order valence-electron chi connectivity index (χ3n) is 3.59. The molecule has 1 aliphatic rings. The summed E-state index contributed by atoms with van der Waals surface area (Å²) in [7, 11) is 0. The van der Waals surface area contributed by atoms with E-state index in [0.29, 0.717) is 31.6 Å². The van der Waals surface area contributed by atoms with Crippen LogP contribution in [-0.2, 0) is 16.1 Å². The van der Waals surface area contributed by atoms with Crippen molar-refractivity contribution in [2.75, 3.05) is 19.8 Å². The molecule has 1 aromatic heterocycles. The minimum absolute atomic E-state index is 0.0428. The maximum absolute atomic E-state index is 12.1. The number of pyridine rings is 1. The predicted molar refractivity (Wildman–Crippen MR) is 88.6 cm³/mol. The van der Waals surface area contributed by atoms with Gasteiger partial charge in [0, 0.05) is 44.9 Å². The maximum atomic E-state index is 12.1. The smallest absolute Gasteiger partial charge is 0.422 e. The Morgan fingerprint density at radius 3 is 2.65 bits per heavy atom. The van der Waals surface area contributed by atoms with Crippen molar-refractivity contribution < 1.29 is 32.5 Å². The number of amides is 1. The molecule has 26 heavy (non-hydrogen) atoms. The van der Waals surface area contributed by atoms with Crippen molar-refractivity contribution in [2.45, 2.75) is 51.4 Å². The van der Waals surface area contributed by atoms with Crippen molar-refractivity contribution in [1.29, 1.82) is 0 Å². The van der Waals surface area contributed by atoms with Gasteiger partial charge in [0.15, 0.2) is 6.61 Å². The van der Waals surface area contributed by atoms with Gasteiger partial charge in [-0.15, -0.1) is 0 Å². The van der Waals surface area contributed by atoms with Gasteiger partial charge in [0.1, 0.15) is 0 Å². The zero-order valence-electron chi connectivity index (χ0n) is 14.9. The average Bonchev–Trinajstić information content (AvgIpc) is 2.60. The predicted octanol–water partition coefficient (Wildman–Crippen LogP) is 2.60. The zero-order chi connectivity index (χ0) is 19.6. The number of aliphatic hydroxyl groups is 1. The number of hydrogen-bond donors (Lipinski definition) is 2. The van der Waals surface area contributed by atoms with E-state index in [-0.39, 0.29) is 24.8 Å². The van der Waals surface area contributed by atoms with Crippen molar-refractivity contribution in [3.05, 3.63) is 23.9 Å². The van der Waals surface area contributed by atoms with E-state index in [1.54, 1.807) is 6.07 Å². The number of rotatable bonds is 6. The summed E-state index contributed by atoms with van der Waals surface area (Å²) in [6, 6.07) is 2.89. The molecule has 2 heterocycles. The van der Waals surface area contributed by atoms with Gasteiger partial charge in [-0.25, -0.2) is 4.98 Å². The van der Waals surface area contributed by atoms with Crippen LogP contribution in [0.4, 0.5) is 13.2 Å². The molecule has 0 aliphatic carbocycles. The third-order valence-corrected chi connectivity index (χ3v) is 3.59. The van der Waals surface area contributed by atoms with Crippen LogP contribution in [0.3, 0.4) is 0 Å². The number of alkyl halides is 3. The SMILES string of the molecule is CC.O=C(CC1(O)CCOCC1)NCc1ccnc(OCC(F)(F)F)c1. The minimum Gasteiger partial charge on any atom is -0.468 e. The average molecular weight is 378 g/mol. The fourth-order valence-corrected chi connectivity index (χ4v) is 2.29. The molecule has 0 unspecified atom stereocenters. The first kappa shape index (κ1) is 22.2. The Morgan fingerprint density at radius 1 is 1.38 bits per heavy atom. The number of aromatic nitrogens is 1. The first-order chi connectivity index (χ1) is 12.3. The summed E-state index contributed by atoms with van der Waals surface area (Å²) in [4.78, 5) is 15.6. The molecule has 0 radical (unpaired) electrons. The van der Waals surface area contributed by atoms with E-state index >= 15 is 0 Å². The van der Waals surface area contributed by atoms with Crippen LogP contribution in [0, 0.1) is 0 Å². The molecular weight excluding hydrogens is 353 g/mol. The lowest BCUT2D eigenvalue weighted by atomic mass is 9.90. The number of hydrogen-bond acceptors (Lipinski definition) is 5. The highest BCUT2D eigenvalue weighted by molar-refractivity contribution is 5.77. The molecule has 0 spiro atoms. The van der Waals surface area contributed by atoms with Gasteiger partial charge in [-0.2, -0.15) is 13.2 Å². The number of carbonyl (C=O) groups is 1. The van der Waals surface area contributed by atoms with E-state index in [0.717, 1.165) is 0 Å². The fraction of sp³-hybridized carbons (Fsp3) is 0.647. The standard InChI is InChI=1S/C15H19F3N2O4.C2H6/c16-15(17,18)10-24-13-7-11(1-4-19-13)9-20-12(21)8-14(22)2-5-23-6-3-14;1-2/h1,4,7,22H,2-3,5-6,8-10H2,(H,20,21);1-2H3. The summed E-state index contributed by atoms with van der Waals surface area (Å²) >= 11 is 0. The Hall–Kier alpha value is -1.87. The van der Waals surface area contributed by atoms with Crippen molar-refractivity contribution in [2.24, 2.45) is 0 Å². The number of nitrogens with zero attached hydrogens (tertiary/aromatic N) is 1. The first-order valence-corrected chi connectivity index (χ1v) is 8.47. The van der Waals surface area contributed by atoms with Gasteiger partial charge in [0.2, 0.25) is 11.8 Å². The second-order valence-corrected chi connectivity index (χ2v) is 5.70. The molecule has 148 valence electrons. The topological polar surface area (TPSA) is 80.7 Å². The summed E-state index contributed by atoms with van der Waals surface area (Å²) in [5, 5.41) is 12.9. The lowest BCUT2D eigenvalue weighted by molar-refractivity contribution is -0.154. The Morgan fingerprint density at radius 2 is 2.04 bits per heavy atom. The largest absolute Gasteiger partial charge is 0.468 e. The van der Waals surface area contributed by atoms with Crippen molar-refractivity contribution in [3.8, 4) is 5.88 Å². The highest BCUT2D eigenvalue weighted by Gasteiger charge is 2.32. The van der Waals surface area contributed by atoms with Crippen molar-refractivity contribution >= 4 is 5.91 Å². The number of carbonyl (C=O) groups excluding carboxylic acids is 1. The van der Waals surface area contributed by atoms with Crippen LogP contribution in [0.25, 0.3) is 0 Å². The quantitative estimate of drug-likeness (QED) is 0.795. The van der Waals surface area contributed by atoms with Crippen LogP contribution in [0.2, 0.25) is 0 Å². The molecular formula is C17H25F3N2O4. The number of ether oxygens (including phenoxy) is 2. The van der Waals surface area contributed by atoms with Gasteiger partial charge < -0.3 is 19.9 Å². The molecule has 0 bridgehead atoms. The molecule has 1 aliphatic heterocycles. The first-order valence-electron chi connectivity index (χ1n) is 8.47. The van der Waals surface area contributed by atoms with Crippen molar-refractivity contribution in [3.63, 3.8) is 0 Å². The van der Waals surface area contributed by atoms with Crippen LogP contribution in [0.1, 0.15) is 38.7 Å². The van der Waals surface area contributed by atoms with Gasteiger partial charge in [-0.1, -0.05) is 13.8 Å². The van der Waals surface area contributed by atoms with Crippen molar-refractivity contribution in [1.82, 2.24) is 10.3 Å². The zero-order valence-corrected chi connectivity index (χ0v) is 14.9. The van der Waals surface area contributed by atoms with Crippen LogP contribution in [-0.4, -0.2) is 47.6 Å². The highest BCUT2D eigenvalue weighted by atomic mass is 19.4. The van der Waals surface area contributed by atoms with E-state index in [9.17, 15) is 23.1 Å². The normalized spacial score (nSPS) is 16.2. The highest BCUT2D eigenvalue weighted by Crippen LogP contribution is 2.24. The van der Waals surface area contributed by atoms with Gasteiger partial charge >= 0.3 is 6.18 Å². The Bertz CT molecular complexity index is 561. The van der Waals surface area contributed by atoms with Crippen LogP contribution >= 0.6 is 0 Å². The Balaban J connectivity index is 0.00000163. The molecule has 2 N–H and O–H groups in total. The van der Waals surface area contributed by atoms with E-state index in [4.69, 9.17) is 4.74 Å². The molecule has 1 amide bonds. The summed E-state index contributed by atoms with van der Waals surface area (Å²) in [6.07, 6.45) is -2.39. The number of halogens is 3. The van der Waals surface area contributed by atoms with E-state index in [1.165, 1.54) is 12.3 Å². The summed E-state index contributed by atoms with van der Waals surface area (Å²) in [6.45, 7) is 3.50. The summed E-state index contributed by atoms with van der Waals surface area (Å²) in [5.41, 5.74) is -0.517. The summed E-state index contributed by atoms with van der Waals surface area (Å²) < 4.78 is 46.0. The molecule has 0 saturated carbocycles. The van der Waals surface area contributed by atoms with Crippen LogP contribution < -0.4 is 10.1 Å². The lowest BCUT2D eigenvalue weighted by Gasteiger charge is -2.31. The molecule has 1 fully saturated rings. The number of nitrogens with one attached hydrogen (secondary N) is 1. The molecule has 1 aromatic rings. The molecule has 0 atom stereocenters. The molecule has 0 aromatic carbocycles. The van der Waals surface area contributed by atoms with Gasteiger partial charge in [-0.05, 0) is 11.6 Å². The molecule has 9 heteroatoms. The second kappa shape index (κ2) is 10.3. The van der Waals surface area contributed by atoms with Crippen LogP contribution in [0.5, 0.6) is 5.88 Å². The van der Waals surface area contributed by atoms with Gasteiger partial charge in [0.25, 0.3) is 0 Å².